The van der Waals surface area contributed by atoms with Gasteiger partial charge < -0.3 is 9.84 Å². The number of likely N-dealkylation sites (tertiary alicyclic amines) is 1. The minimum absolute atomic E-state index is 0.0422. The lowest BCUT2D eigenvalue weighted by atomic mass is 10.1. The average molecular weight is 423 g/mol. The summed E-state index contributed by atoms with van der Waals surface area (Å²) in [5, 5.41) is 11.1. The predicted octanol–water partition coefficient (Wildman–Crippen LogP) is 4.29. The van der Waals surface area contributed by atoms with Crippen LogP contribution in [0.3, 0.4) is 0 Å². The van der Waals surface area contributed by atoms with Crippen LogP contribution in [0.15, 0.2) is 35.3 Å². The summed E-state index contributed by atoms with van der Waals surface area (Å²) < 4.78 is 20.8. The molecule has 2 aliphatic rings. The molecule has 7 heteroatoms. The number of rotatable bonds is 4. The maximum absolute atomic E-state index is 14.6. The Morgan fingerprint density at radius 3 is 2.79 bits per heavy atom. The molecule has 3 atom stereocenters. The molecule has 0 aromatic heterocycles. The molecule has 1 fully saturated rings. The number of nitrogens with zero attached hydrogens (tertiary/aromatic N) is 2. The van der Waals surface area contributed by atoms with Gasteiger partial charge in [0.15, 0.2) is 11.6 Å². The Morgan fingerprint density at radius 2 is 2.11 bits per heavy atom. The van der Waals surface area contributed by atoms with Crippen LogP contribution in [0.2, 0.25) is 10.0 Å². The molecule has 4 nitrogen and oxygen atoms in total. The number of benzene rings is 2. The normalized spacial score (nSPS) is 24.8. The van der Waals surface area contributed by atoms with E-state index >= 15 is 0 Å². The Morgan fingerprint density at radius 1 is 1.29 bits per heavy atom. The quantitative estimate of drug-likeness (QED) is 0.747. The lowest BCUT2D eigenvalue weighted by Crippen LogP contribution is -2.39. The second kappa shape index (κ2) is 7.99. The third kappa shape index (κ3) is 3.77. The van der Waals surface area contributed by atoms with Crippen molar-refractivity contribution in [3.63, 3.8) is 0 Å². The summed E-state index contributed by atoms with van der Waals surface area (Å²) >= 11 is 12.7. The van der Waals surface area contributed by atoms with Crippen LogP contribution >= 0.6 is 23.2 Å². The molecule has 28 heavy (non-hydrogen) atoms. The van der Waals surface area contributed by atoms with Crippen LogP contribution < -0.4 is 4.74 Å². The van der Waals surface area contributed by atoms with E-state index in [1.54, 1.807) is 31.5 Å². The Hall–Kier alpha value is -1.66. The first kappa shape index (κ1) is 19.6. The molecule has 0 saturated carbocycles. The molecule has 1 aliphatic carbocycles. The van der Waals surface area contributed by atoms with Gasteiger partial charge in [0.25, 0.3) is 0 Å². The van der Waals surface area contributed by atoms with E-state index in [1.807, 2.05) is 6.07 Å². The van der Waals surface area contributed by atoms with Crippen molar-refractivity contribution in [1.29, 1.82) is 0 Å². The third-order valence-electron chi connectivity index (χ3n) is 5.42. The van der Waals surface area contributed by atoms with Gasteiger partial charge in [-0.25, -0.2) is 4.39 Å². The van der Waals surface area contributed by atoms with Crippen LogP contribution in [0.5, 0.6) is 5.75 Å². The molecule has 1 N–H and O–H groups in total. The average Bonchev–Trinajstić information content (AvgIpc) is 3.22. The monoisotopic (exact) mass is 422 g/mol. The van der Waals surface area contributed by atoms with E-state index in [-0.39, 0.29) is 17.9 Å². The second-order valence-electron chi connectivity index (χ2n) is 7.28. The summed E-state index contributed by atoms with van der Waals surface area (Å²) in [7, 11) is 1.64. The van der Waals surface area contributed by atoms with Crippen molar-refractivity contribution in [3.8, 4) is 5.75 Å². The highest BCUT2D eigenvalue weighted by Crippen LogP contribution is 2.43. The van der Waals surface area contributed by atoms with Gasteiger partial charge in [-0.05, 0) is 54.3 Å². The third-order valence-corrected chi connectivity index (χ3v) is 5.97. The highest BCUT2D eigenvalue weighted by atomic mass is 35.5. The van der Waals surface area contributed by atoms with Crippen LogP contribution in [0, 0.1) is 5.82 Å². The molecule has 1 aliphatic heterocycles. The standard InChI is InChI=1S/C21H21Cl2FN2O2/c1-25-10-12-2-3-20(18(24)6-12)28-21-16-7-13(22)8-17(23)15(16)9-19(21)26-5-4-14(27)11-26/h2-3,6-8,10,14,19,21,27H,4-5,9,11H2,1H3/t14-,19+,21+/m1/s1. The molecule has 1 heterocycles. The highest BCUT2D eigenvalue weighted by Gasteiger charge is 2.41. The molecule has 0 radical (unpaired) electrons. The van der Waals surface area contributed by atoms with E-state index in [9.17, 15) is 9.50 Å². The largest absolute Gasteiger partial charge is 0.481 e. The zero-order valence-corrected chi connectivity index (χ0v) is 16.9. The fraction of sp³-hybridized carbons (Fsp3) is 0.381. The number of hydrogen-bond acceptors (Lipinski definition) is 4. The van der Waals surface area contributed by atoms with E-state index in [4.69, 9.17) is 27.9 Å². The van der Waals surface area contributed by atoms with Crippen molar-refractivity contribution in [2.75, 3.05) is 20.1 Å². The van der Waals surface area contributed by atoms with Crippen molar-refractivity contribution in [2.45, 2.75) is 31.1 Å². The number of fused-ring (bicyclic) bond motifs is 1. The number of aliphatic imine (C=N–C) groups is 1. The summed E-state index contributed by atoms with van der Waals surface area (Å²) in [5.74, 6) is -0.272. The predicted molar refractivity (Wildman–Crippen MR) is 109 cm³/mol. The maximum Gasteiger partial charge on any atom is 0.165 e. The fourth-order valence-corrected chi connectivity index (χ4v) is 4.71. The van der Waals surface area contributed by atoms with E-state index in [2.05, 4.69) is 9.89 Å². The molecule has 2 aromatic rings. The molecule has 0 spiro atoms. The Balaban J connectivity index is 1.69. The minimum Gasteiger partial charge on any atom is -0.481 e. The topological polar surface area (TPSA) is 45.1 Å². The number of aliphatic hydroxyl groups excluding tert-OH is 1. The van der Waals surface area contributed by atoms with Gasteiger partial charge >= 0.3 is 0 Å². The van der Waals surface area contributed by atoms with Gasteiger partial charge in [-0.2, -0.15) is 0 Å². The van der Waals surface area contributed by atoms with Crippen LogP contribution in [-0.4, -0.2) is 48.5 Å². The van der Waals surface area contributed by atoms with E-state index in [0.29, 0.717) is 35.0 Å². The van der Waals surface area contributed by atoms with Gasteiger partial charge in [0.2, 0.25) is 0 Å². The smallest absolute Gasteiger partial charge is 0.165 e. The molecular weight excluding hydrogens is 402 g/mol. The Labute approximate surface area is 173 Å². The molecule has 2 aromatic carbocycles. The van der Waals surface area contributed by atoms with E-state index in [0.717, 1.165) is 17.7 Å². The minimum atomic E-state index is -0.445. The Bertz CT molecular complexity index is 922. The zero-order valence-electron chi connectivity index (χ0n) is 15.4. The summed E-state index contributed by atoms with van der Waals surface area (Å²) in [6.07, 6.45) is 2.20. The molecule has 0 amide bonds. The first-order chi connectivity index (χ1) is 13.5. The summed E-state index contributed by atoms with van der Waals surface area (Å²) in [6.45, 7) is 1.33. The van der Waals surface area contributed by atoms with Gasteiger partial charge in [0, 0.05) is 42.0 Å². The molecule has 1 saturated heterocycles. The number of β-amino-alcohol motifs (C(OH)–C–C–N with tert-alkyl or cyclic N) is 1. The van der Waals surface area contributed by atoms with Crippen LogP contribution in [0.25, 0.3) is 0 Å². The van der Waals surface area contributed by atoms with Gasteiger partial charge in [-0.3, -0.25) is 9.89 Å². The van der Waals surface area contributed by atoms with E-state index in [1.165, 1.54) is 6.07 Å². The molecule has 4 rings (SSSR count). The fourth-order valence-electron chi connectivity index (χ4n) is 4.13. The van der Waals surface area contributed by atoms with Crippen molar-refractivity contribution in [3.05, 3.63) is 62.9 Å². The van der Waals surface area contributed by atoms with E-state index < -0.39 is 11.9 Å². The number of halogens is 3. The van der Waals surface area contributed by atoms with Gasteiger partial charge in [0.05, 0.1) is 12.1 Å². The number of ether oxygens (including phenoxy) is 1. The van der Waals surface area contributed by atoms with Crippen molar-refractivity contribution < 1.29 is 14.2 Å². The first-order valence-electron chi connectivity index (χ1n) is 9.24. The van der Waals surface area contributed by atoms with Gasteiger partial charge in [-0.15, -0.1) is 0 Å². The lowest BCUT2D eigenvalue weighted by molar-refractivity contribution is 0.0790. The second-order valence-corrected chi connectivity index (χ2v) is 8.12. The van der Waals surface area contributed by atoms with Gasteiger partial charge in [0.1, 0.15) is 6.10 Å². The number of aliphatic hydroxyl groups is 1. The maximum atomic E-state index is 14.6. The highest BCUT2D eigenvalue weighted by molar-refractivity contribution is 6.35. The Kier molecular flexibility index (Phi) is 5.61. The SMILES string of the molecule is CN=Cc1ccc(O[C@H]2c3cc(Cl)cc(Cl)c3C[C@@H]2N2CC[C@@H](O)C2)c(F)c1. The molecular formula is C21H21Cl2FN2O2. The van der Waals surface area contributed by atoms with Crippen molar-refractivity contribution in [1.82, 2.24) is 4.90 Å². The molecule has 0 bridgehead atoms. The summed E-state index contributed by atoms with van der Waals surface area (Å²) in [6, 6.07) is 8.31. The lowest BCUT2D eigenvalue weighted by Gasteiger charge is -2.30. The number of hydrogen-bond donors (Lipinski definition) is 1. The zero-order chi connectivity index (χ0) is 19.8. The van der Waals surface area contributed by atoms with Crippen LogP contribution in [-0.2, 0) is 6.42 Å². The first-order valence-corrected chi connectivity index (χ1v) is 10.00. The molecule has 0 unspecified atom stereocenters. The van der Waals surface area contributed by atoms with Gasteiger partial charge in [-0.1, -0.05) is 23.2 Å². The van der Waals surface area contributed by atoms with Crippen molar-refractivity contribution in [2.24, 2.45) is 4.99 Å². The van der Waals surface area contributed by atoms with Crippen LogP contribution in [0.4, 0.5) is 4.39 Å². The molecule has 148 valence electrons. The van der Waals surface area contributed by atoms with Crippen LogP contribution in [0.1, 0.15) is 29.2 Å². The summed E-state index contributed by atoms with van der Waals surface area (Å²) in [5.41, 5.74) is 2.52. The van der Waals surface area contributed by atoms with Crippen molar-refractivity contribution >= 4 is 29.4 Å². The summed E-state index contributed by atoms with van der Waals surface area (Å²) in [4.78, 5) is 6.10.